The number of rotatable bonds is 27. The fourth-order valence-electron chi connectivity index (χ4n) is 6.28. The van der Waals surface area contributed by atoms with Crippen molar-refractivity contribution >= 4 is 52.3 Å². The van der Waals surface area contributed by atoms with Gasteiger partial charge in [0.1, 0.15) is 38.0 Å². The molecular formula is C34H46N13O18P3. The lowest BCUT2D eigenvalue weighted by molar-refractivity contribution is -0.126. The lowest BCUT2D eigenvalue weighted by Crippen LogP contribution is -2.40. The van der Waals surface area contributed by atoms with Gasteiger partial charge in [0.05, 0.1) is 43.4 Å². The van der Waals surface area contributed by atoms with E-state index in [1.165, 1.54) is 17.2 Å². The minimum absolute atomic E-state index is 0.0479. The lowest BCUT2D eigenvalue weighted by Gasteiger charge is -2.26. The zero-order valence-corrected chi connectivity index (χ0v) is 38.2. The molecule has 2 amide bonds. The van der Waals surface area contributed by atoms with Crippen LogP contribution >= 0.6 is 23.5 Å². The van der Waals surface area contributed by atoms with Gasteiger partial charge >= 0.3 is 23.5 Å². The van der Waals surface area contributed by atoms with E-state index in [1.54, 1.807) is 24.3 Å². The number of carbonyl (C=O) groups excluding carboxylic acids is 2. The van der Waals surface area contributed by atoms with Crippen molar-refractivity contribution in [1.29, 1.82) is 0 Å². The summed E-state index contributed by atoms with van der Waals surface area (Å²) in [5.74, 6) is 4.66. The molecule has 0 bridgehead atoms. The third kappa shape index (κ3) is 17.3. The highest BCUT2D eigenvalue weighted by atomic mass is 31.3. The van der Waals surface area contributed by atoms with Gasteiger partial charge in [0.25, 0.3) is 11.5 Å². The molecule has 3 aromatic rings. The number of hydrogen-bond donors (Lipinski definition) is 9. The summed E-state index contributed by atoms with van der Waals surface area (Å²) in [6.45, 7) is -1.34. The molecule has 6 atom stereocenters. The number of phosphoric acid groups is 3. The van der Waals surface area contributed by atoms with E-state index in [-0.39, 0.29) is 61.2 Å². The average Bonchev–Trinajstić information content (AvgIpc) is 3.82. The summed E-state index contributed by atoms with van der Waals surface area (Å²) in [5, 5.41) is 15.5. The number of amides is 2. The molecule has 10 N–H and O–H groups in total. The Hall–Kier alpha value is -5.43. The molecule has 3 unspecified atom stereocenters. The van der Waals surface area contributed by atoms with Gasteiger partial charge in [-0.15, -0.1) is 0 Å². The molecule has 370 valence electrons. The Morgan fingerprint density at radius 3 is 2.60 bits per heavy atom. The molecule has 0 radical (unpaired) electrons. The van der Waals surface area contributed by atoms with Crippen LogP contribution in [0.15, 0.2) is 45.5 Å². The monoisotopic (exact) mass is 1020 g/mol. The van der Waals surface area contributed by atoms with Gasteiger partial charge in [-0.05, 0) is 42.1 Å². The number of nitrogens with zero attached hydrogens (tertiary/aromatic N) is 8. The van der Waals surface area contributed by atoms with Crippen molar-refractivity contribution in [3.8, 4) is 17.6 Å². The number of nitrogens with one attached hydrogen (secondary N) is 4. The number of nitrogens with two attached hydrogens (primary N) is 1. The van der Waals surface area contributed by atoms with E-state index >= 15 is 0 Å². The minimum Gasteiger partial charge on any atom is -0.491 e. The number of azide groups is 2. The number of ether oxygens (including phenoxy) is 5. The SMILES string of the molecule is [N-]=[N+]=NCO[C@@H]1C[C@H](n2cc(C#CCNC(=O)COCCOC(COc3cccc(C(=O)NCCNC4CCC4)c3)N=[N+]=[N-])c3c(=O)[nH]c(N)nc32)O[C@@H]1COP(=O)(O)OP(=O)(O)OP(=O)(O)O. The van der Waals surface area contributed by atoms with E-state index in [0.29, 0.717) is 30.4 Å². The largest absolute Gasteiger partial charge is 0.491 e. The highest BCUT2D eigenvalue weighted by molar-refractivity contribution is 7.66. The number of aromatic amines is 1. The third-order valence-corrected chi connectivity index (χ3v) is 13.2. The fourth-order valence-corrected chi connectivity index (χ4v) is 9.31. The Morgan fingerprint density at radius 1 is 1.09 bits per heavy atom. The van der Waals surface area contributed by atoms with Gasteiger partial charge in [-0.2, -0.15) is 13.6 Å². The van der Waals surface area contributed by atoms with Crippen LogP contribution < -0.4 is 32.0 Å². The quantitative estimate of drug-likeness (QED) is 0.0131. The van der Waals surface area contributed by atoms with Gasteiger partial charge in [-0.3, -0.25) is 23.9 Å². The normalized spacial score (nSPS) is 19.2. The maximum Gasteiger partial charge on any atom is 0.490 e. The van der Waals surface area contributed by atoms with Crippen molar-refractivity contribution in [3.63, 3.8) is 0 Å². The second kappa shape index (κ2) is 25.3. The van der Waals surface area contributed by atoms with Crippen molar-refractivity contribution in [1.82, 2.24) is 30.5 Å². The average molecular weight is 1020 g/mol. The summed E-state index contributed by atoms with van der Waals surface area (Å²) in [7, 11) is -17.1. The number of aromatic nitrogens is 3. The van der Waals surface area contributed by atoms with Crippen LogP contribution in [0.5, 0.6) is 5.75 Å². The second-order valence-corrected chi connectivity index (χ2v) is 18.7. The first-order valence-electron chi connectivity index (χ1n) is 20.1. The highest BCUT2D eigenvalue weighted by Gasteiger charge is 2.44. The molecule has 1 aliphatic carbocycles. The molecule has 68 heavy (non-hydrogen) atoms. The fraction of sp³-hybridized carbons (Fsp3) is 0.529. The van der Waals surface area contributed by atoms with E-state index in [2.05, 4.69) is 66.4 Å². The Kier molecular flexibility index (Phi) is 19.9. The van der Waals surface area contributed by atoms with Crippen LogP contribution in [-0.2, 0) is 50.6 Å². The van der Waals surface area contributed by atoms with Crippen LogP contribution in [0.25, 0.3) is 31.9 Å². The number of phosphoric ester groups is 1. The van der Waals surface area contributed by atoms with Gasteiger partial charge in [0.15, 0.2) is 11.9 Å². The molecule has 0 spiro atoms. The topological polar surface area (TPSA) is 450 Å². The van der Waals surface area contributed by atoms with Crippen LogP contribution in [0.3, 0.4) is 0 Å². The Bertz CT molecular complexity index is 2620. The number of benzene rings is 1. The third-order valence-electron chi connectivity index (χ3n) is 9.40. The molecule has 1 saturated carbocycles. The molecule has 1 aromatic carbocycles. The number of H-pyrrole nitrogens is 1. The summed E-state index contributed by atoms with van der Waals surface area (Å²) in [4.78, 5) is 86.9. The maximum absolute atomic E-state index is 13.0. The number of nitrogen functional groups attached to an aromatic ring is 1. The van der Waals surface area contributed by atoms with Gasteiger partial charge in [-0.1, -0.05) is 34.6 Å². The van der Waals surface area contributed by atoms with Crippen LogP contribution in [0.2, 0.25) is 0 Å². The predicted molar refractivity (Wildman–Crippen MR) is 232 cm³/mol. The van der Waals surface area contributed by atoms with E-state index in [9.17, 15) is 37.9 Å². The smallest absolute Gasteiger partial charge is 0.490 e. The van der Waals surface area contributed by atoms with E-state index in [0.717, 1.165) is 12.8 Å². The van der Waals surface area contributed by atoms with Crippen molar-refractivity contribution in [2.45, 2.75) is 56.4 Å². The Balaban J connectivity index is 1.10. The summed E-state index contributed by atoms with van der Waals surface area (Å²) in [6, 6.07) is 6.98. The summed E-state index contributed by atoms with van der Waals surface area (Å²) >= 11 is 0. The van der Waals surface area contributed by atoms with E-state index in [1.807, 2.05) is 0 Å². The van der Waals surface area contributed by atoms with Gasteiger partial charge in [0.2, 0.25) is 11.9 Å². The molecule has 2 aliphatic rings. The lowest BCUT2D eigenvalue weighted by atomic mass is 9.93. The van der Waals surface area contributed by atoms with Crippen LogP contribution in [0.4, 0.5) is 5.95 Å². The molecular weight excluding hydrogens is 971 g/mol. The number of carbonyl (C=O) groups is 2. The van der Waals surface area contributed by atoms with Gasteiger partial charge in [0, 0.05) is 47.1 Å². The predicted octanol–water partition coefficient (Wildman–Crippen LogP) is 1.68. The van der Waals surface area contributed by atoms with Crippen LogP contribution in [0, 0.1) is 11.8 Å². The van der Waals surface area contributed by atoms with E-state index < -0.39 is 79.5 Å². The molecule has 1 aliphatic heterocycles. The van der Waals surface area contributed by atoms with Gasteiger partial charge in [-0.25, -0.2) is 13.7 Å². The minimum atomic E-state index is -5.83. The van der Waals surface area contributed by atoms with E-state index in [4.69, 9.17) is 54.8 Å². The van der Waals surface area contributed by atoms with Crippen molar-refractivity contribution in [2.24, 2.45) is 10.2 Å². The highest BCUT2D eigenvalue weighted by Crippen LogP contribution is 2.66. The number of anilines is 1. The van der Waals surface area contributed by atoms with Crippen molar-refractivity contribution in [3.05, 3.63) is 72.8 Å². The first kappa shape index (κ1) is 53.5. The first-order chi connectivity index (χ1) is 32.3. The van der Waals surface area contributed by atoms with Crippen molar-refractivity contribution in [2.75, 3.05) is 65.1 Å². The molecule has 2 fully saturated rings. The van der Waals surface area contributed by atoms with Gasteiger partial charge < -0.3 is 69.5 Å². The maximum atomic E-state index is 13.0. The molecule has 5 rings (SSSR count). The standard InChI is InChI=1S/C34H46N13O18P3/c35-34-42-31-30(33(50)43-34)22(16-47(31)29-15-25(61-20-41-45-36)26(63-29)17-62-67(54,55)65-68(56,57)64-66(51,52)53)5-3-9-39-27(48)18-58-12-13-59-28(44-46-37)19-60-24-8-1-4-21(14-24)32(49)40-11-10-38-23-6-2-7-23/h1,4,8,14,16,23,25-26,28-29,38H,2,6-7,9-13,15,17-20H2,(H,39,48)(H,40,49)(H,54,55)(H,56,57)(H2,51,52,53)(H3,35,42,43,50)/t25-,26-,28?,29-/m1/s1. The molecule has 31 nitrogen and oxygen atoms in total. The summed E-state index contributed by atoms with van der Waals surface area (Å²) < 4.78 is 76.6. The summed E-state index contributed by atoms with van der Waals surface area (Å²) in [6.07, 6.45) is 0.106. The first-order valence-corrected chi connectivity index (χ1v) is 24.6. The van der Waals surface area contributed by atoms with Crippen molar-refractivity contribution < 1.29 is 79.7 Å². The molecule has 3 heterocycles. The number of hydrogen-bond acceptors (Lipinski definition) is 19. The summed E-state index contributed by atoms with van der Waals surface area (Å²) in [5.41, 5.74) is 23.2. The van der Waals surface area contributed by atoms with Crippen LogP contribution in [-0.4, -0.2) is 130 Å². The zero-order valence-electron chi connectivity index (χ0n) is 35.5. The molecule has 1 saturated heterocycles. The zero-order chi connectivity index (χ0) is 49.3. The number of fused-ring (bicyclic) bond motifs is 1. The second-order valence-electron chi connectivity index (χ2n) is 14.3. The Labute approximate surface area is 384 Å². The molecule has 2 aromatic heterocycles. The Morgan fingerprint density at radius 2 is 1.88 bits per heavy atom. The molecule has 34 heteroatoms. The van der Waals surface area contributed by atoms with Crippen LogP contribution in [0.1, 0.15) is 47.8 Å².